The molecule has 1 aliphatic rings. The number of hydrogen-bond acceptors (Lipinski definition) is 4. The van der Waals surface area contributed by atoms with Crippen LogP contribution in [0.15, 0.2) is 47.3 Å². The van der Waals surface area contributed by atoms with E-state index in [2.05, 4.69) is 5.32 Å². The Morgan fingerprint density at radius 2 is 1.95 bits per heavy atom. The van der Waals surface area contributed by atoms with Gasteiger partial charge in [0.1, 0.15) is 5.70 Å². The van der Waals surface area contributed by atoms with Crippen molar-refractivity contribution in [3.8, 4) is 0 Å². The van der Waals surface area contributed by atoms with Crippen LogP contribution in [0, 0.1) is 0 Å². The molecule has 22 heavy (non-hydrogen) atoms. The quantitative estimate of drug-likeness (QED) is 0.834. The summed E-state index contributed by atoms with van der Waals surface area (Å²) in [4.78, 5) is 23.5. The van der Waals surface area contributed by atoms with Crippen LogP contribution in [0.25, 0.3) is 0 Å². The second-order valence-electron chi connectivity index (χ2n) is 4.80. The standard InChI is InChI=1S/C16H16ClNO4/c1-3-22-16(21)14-9(2)18-13(15(19)20)8-12(14)10-4-6-11(17)7-5-10/h4-8,12,18H,3H2,1-2H3,(H,19,20)/t12-/m0/s1. The molecule has 2 N–H and O–H groups in total. The van der Waals surface area contributed by atoms with Gasteiger partial charge in [-0.2, -0.15) is 0 Å². The number of ether oxygens (including phenoxy) is 1. The molecule has 1 aromatic carbocycles. The molecule has 116 valence electrons. The molecular weight excluding hydrogens is 306 g/mol. The number of dihydropyridines is 1. The summed E-state index contributed by atoms with van der Waals surface area (Å²) in [6, 6.07) is 6.93. The monoisotopic (exact) mass is 321 g/mol. The van der Waals surface area contributed by atoms with E-state index >= 15 is 0 Å². The fourth-order valence-electron chi connectivity index (χ4n) is 2.34. The van der Waals surface area contributed by atoms with Crippen LogP contribution in [0.3, 0.4) is 0 Å². The first-order valence-corrected chi connectivity index (χ1v) is 7.17. The maximum absolute atomic E-state index is 12.2. The van der Waals surface area contributed by atoms with E-state index in [0.717, 1.165) is 5.56 Å². The van der Waals surface area contributed by atoms with Crippen LogP contribution in [0.2, 0.25) is 5.02 Å². The Hall–Kier alpha value is -2.27. The van der Waals surface area contributed by atoms with Gasteiger partial charge in [-0.1, -0.05) is 23.7 Å². The van der Waals surface area contributed by atoms with E-state index in [4.69, 9.17) is 16.3 Å². The predicted octanol–water partition coefficient (Wildman–Crippen LogP) is 2.83. The molecule has 1 heterocycles. The van der Waals surface area contributed by atoms with Crippen LogP contribution < -0.4 is 5.32 Å². The van der Waals surface area contributed by atoms with Crippen LogP contribution in [-0.2, 0) is 14.3 Å². The zero-order chi connectivity index (χ0) is 16.3. The number of esters is 1. The van der Waals surface area contributed by atoms with Crippen LogP contribution >= 0.6 is 11.6 Å². The minimum atomic E-state index is -1.08. The van der Waals surface area contributed by atoms with Gasteiger partial charge in [0.2, 0.25) is 0 Å². The number of benzene rings is 1. The molecule has 0 aliphatic carbocycles. The number of carbonyl (C=O) groups is 2. The van der Waals surface area contributed by atoms with Crippen molar-refractivity contribution in [2.24, 2.45) is 0 Å². The van der Waals surface area contributed by atoms with E-state index in [1.54, 1.807) is 38.1 Å². The number of halogens is 1. The Labute approximate surface area is 133 Å². The van der Waals surface area contributed by atoms with Crippen molar-refractivity contribution in [1.82, 2.24) is 5.32 Å². The average Bonchev–Trinajstić information content (AvgIpc) is 2.47. The molecular formula is C16H16ClNO4. The molecule has 1 aromatic rings. The van der Waals surface area contributed by atoms with Gasteiger partial charge in [-0.3, -0.25) is 0 Å². The number of aliphatic carboxylic acids is 1. The van der Waals surface area contributed by atoms with Gasteiger partial charge in [-0.05, 0) is 37.6 Å². The first-order chi connectivity index (χ1) is 10.4. The topological polar surface area (TPSA) is 75.6 Å². The summed E-state index contributed by atoms with van der Waals surface area (Å²) in [5.41, 5.74) is 1.67. The predicted molar refractivity (Wildman–Crippen MR) is 82.4 cm³/mol. The lowest BCUT2D eigenvalue weighted by molar-refractivity contribution is -0.139. The first kappa shape index (κ1) is 16.1. The van der Waals surface area contributed by atoms with Gasteiger partial charge in [0, 0.05) is 16.6 Å². The number of carboxylic acids is 1. The van der Waals surface area contributed by atoms with E-state index in [1.165, 1.54) is 6.08 Å². The number of nitrogens with one attached hydrogen (secondary N) is 1. The van der Waals surface area contributed by atoms with Gasteiger partial charge in [-0.15, -0.1) is 0 Å². The molecule has 5 nitrogen and oxygen atoms in total. The maximum Gasteiger partial charge on any atom is 0.351 e. The SMILES string of the molecule is CCOC(=O)C1=C(C)NC(C(=O)O)=C[C@H]1c1ccc(Cl)cc1. The molecule has 0 aromatic heterocycles. The van der Waals surface area contributed by atoms with Crippen molar-refractivity contribution < 1.29 is 19.4 Å². The van der Waals surface area contributed by atoms with E-state index in [0.29, 0.717) is 16.3 Å². The Morgan fingerprint density at radius 1 is 1.32 bits per heavy atom. The second-order valence-corrected chi connectivity index (χ2v) is 5.24. The molecule has 0 saturated heterocycles. The largest absolute Gasteiger partial charge is 0.477 e. The maximum atomic E-state index is 12.2. The minimum absolute atomic E-state index is 0.0329. The minimum Gasteiger partial charge on any atom is -0.477 e. The summed E-state index contributed by atoms with van der Waals surface area (Å²) in [5, 5.41) is 12.5. The Kier molecular flexibility index (Phi) is 4.88. The Morgan fingerprint density at radius 3 is 2.50 bits per heavy atom. The second kappa shape index (κ2) is 6.66. The fraction of sp³-hybridized carbons (Fsp3) is 0.250. The highest BCUT2D eigenvalue weighted by atomic mass is 35.5. The summed E-state index contributed by atoms with van der Waals surface area (Å²) >= 11 is 5.88. The summed E-state index contributed by atoms with van der Waals surface area (Å²) in [6.45, 7) is 3.63. The highest BCUT2D eigenvalue weighted by Gasteiger charge is 2.30. The molecule has 0 fully saturated rings. The zero-order valence-electron chi connectivity index (χ0n) is 12.2. The smallest absolute Gasteiger partial charge is 0.351 e. The van der Waals surface area contributed by atoms with Crippen molar-refractivity contribution in [3.05, 3.63) is 57.9 Å². The van der Waals surface area contributed by atoms with Gasteiger partial charge in [0.25, 0.3) is 0 Å². The number of rotatable bonds is 4. The molecule has 6 heteroatoms. The zero-order valence-corrected chi connectivity index (χ0v) is 13.0. The van der Waals surface area contributed by atoms with Gasteiger partial charge >= 0.3 is 11.9 Å². The molecule has 0 radical (unpaired) electrons. The summed E-state index contributed by atoms with van der Waals surface area (Å²) < 4.78 is 5.08. The van der Waals surface area contributed by atoms with Crippen LogP contribution in [0.5, 0.6) is 0 Å². The van der Waals surface area contributed by atoms with Crippen molar-refractivity contribution in [1.29, 1.82) is 0 Å². The molecule has 1 atom stereocenters. The van der Waals surface area contributed by atoms with Gasteiger partial charge in [0.05, 0.1) is 12.2 Å². The van der Waals surface area contributed by atoms with E-state index in [9.17, 15) is 14.7 Å². The van der Waals surface area contributed by atoms with Gasteiger partial charge < -0.3 is 15.2 Å². The fourth-order valence-corrected chi connectivity index (χ4v) is 2.47. The van der Waals surface area contributed by atoms with Crippen LogP contribution in [0.4, 0.5) is 0 Å². The summed E-state index contributed by atoms with van der Waals surface area (Å²) in [5.74, 6) is -2.04. The normalized spacial score (nSPS) is 17.6. The molecule has 0 unspecified atom stereocenters. The van der Waals surface area contributed by atoms with E-state index in [1.807, 2.05) is 0 Å². The molecule has 2 rings (SSSR count). The molecule has 0 amide bonds. The number of allylic oxidation sites excluding steroid dienone is 2. The molecule has 0 spiro atoms. The lowest BCUT2D eigenvalue weighted by atomic mass is 9.86. The Balaban J connectivity index is 2.49. The third kappa shape index (κ3) is 3.31. The number of hydrogen-bond donors (Lipinski definition) is 2. The summed E-state index contributed by atoms with van der Waals surface area (Å²) in [6.07, 6.45) is 1.50. The van der Waals surface area contributed by atoms with E-state index in [-0.39, 0.29) is 12.3 Å². The van der Waals surface area contributed by atoms with Gasteiger partial charge in [0.15, 0.2) is 0 Å². The van der Waals surface area contributed by atoms with Crippen molar-refractivity contribution >= 4 is 23.5 Å². The third-order valence-corrected chi connectivity index (χ3v) is 3.58. The summed E-state index contributed by atoms with van der Waals surface area (Å²) in [7, 11) is 0. The van der Waals surface area contributed by atoms with E-state index < -0.39 is 17.9 Å². The molecule has 0 bridgehead atoms. The average molecular weight is 322 g/mol. The van der Waals surface area contributed by atoms with Crippen molar-refractivity contribution in [3.63, 3.8) is 0 Å². The number of carboxylic acid groups (broad SMARTS) is 1. The van der Waals surface area contributed by atoms with Crippen molar-refractivity contribution in [2.75, 3.05) is 6.61 Å². The highest BCUT2D eigenvalue weighted by molar-refractivity contribution is 6.30. The number of carbonyl (C=O) groups excluding carboxylic acids is 1. The third-order valence-electron chi connectivity index (χ3n) is 3.33. The Bertz CT molecular complexity index is 661. The van der Waals surface area contributed by atoms with Crippen molar-refractivity contribution in [2.45, 2.75) is 19.8 Å². The molecule has 0 saturated carbocycles. The highest BCUT2D eigenvalue weighted by Crippen LogP contribution is 2.33. The lowest BCUT2D eigenvalue weighted by Gasteiger charge is -2.25. The van der Waals surface area contributed by atoms with Crippen LogP contribution in [-0.4, -0.2) is 23.7 Å². The lowest BCUT2D eigenvalue weighted by Crippen LogP contribution is -2.29. The van der Waals surface area contributed by atoms with Gasteiger partial charge in [-0.25, -0.2) is 9.59 Å². The van der Waals surface area contributed by atoms with Crippen LogP contribution in [0.1, 0.15) is 25.3 Å². The first-order valence-electron chi connectivity index (χ1n) is 6.79. The molecule has 1 aliphatic heterocycles.